The lowest BCUT2D eigenvalue weighted by Crippen LogP contribution is -2.47. The fourth-order valence-corrected chi connectivity index (χ4v) is 5.45. The van der Waals surface area contributed by atoms with E-state index in [0.29, 0.717) is 18.6 Å². The van der Waals surface area contributed by atoms with Crippen LogP contribution in [0.2, 0.25) is 0 Å². The summed E-state index contributed by atoms with van der Waals surface area (Å²) in [6, 6.07) is 16.0. The summed E-state index contributed by atoms with van der Waals surface area (Å²) in [5.74, 6) is 0.863. The number of aromatic amines is 1. The second-order valence-electron chi connectivity index (χ2n) is 8.97. The highest BCUT2D eigenvalue weighted by molar-refractivity contribution is 7.19. The van der Waals surface area contributed by atoms with E-state index in [1.165, 1.54) is 19.3 Å². The number of amides is 1. The molecule has 0 spiro atoms. The monoisotopic (exact) mass is 488 g/mol. The van der Waals surface area contributed by atoms with E-state index in [4.69, 9.17) is 9.72 Å². The van der Waals surface area contributed by atoms with E-state index in [1.807, 2.05) is 55.5 Å². The number of thiazole rings is 1. The SMILES string of the molecule is CCCCCCOc1ccc([C@]2(C)CC(c3nc4ccccc4s3)=C(c3nn[nH]n3)C(=O)N2)cc1. The standard InChI is InChI=1S/C26H28N6O2S/c1-3-4-5-8-15-34-18-13-11-17(12-14-18)26(2)16-19(22(24(33)28-26)23-29-31-32-30-23)25-27-20-9-6-7-10-21(20)35-25/h6-7,9-14H,3-5,8,15-16H2,1-2H3,(H,28,33)(H,29,30,31,32)/t26-/m0/s1. The van der Waals surface area contributed by atoms with Crippen LogP contribution in [0.4, 0.5) is 0 Å². The molecule has 0 bridgehead atoms. The molecular weight excluding hydrogens is 460 g/mol. The van der Waals surface area contributed by atoms with Gasteiger partial charge in [0.2, 0.25) is 5.82 Å². The van der Waals surface area contributed by atoms with Gasteiger partial charge in [0.15, 0.2) is 0 Å². The molecule has 3 heterocycles. The van der Waals surface area contributed by atoms with E-state index < -0.39 is 5.54 Å². The first kappa shape index (κ1) is 23.2. The maximum Gasteiger partial charge on any atom is 0.256 e. The molecule has 1 aliphatic rings. The van der Waals surface area contributed by atoms with Gasteiger partial charge in [0.1, 0.15) is 10.8 Å². The summed E-state index contributed by atoms with van der Waals surface area (Å²) in [6.45, 7) is 4.95. The predicted molar refractivity (Wildman–Crippen MR) is 137 cm³/mol. The van der Waals surface area contributed by atoms with Crippen LogP contribution in [0, 0.1) is 0 Å². The number of rotatable bonds is 9. The average Bonchev–Trinajstić information content (AvgIpc) is 3.54. The molecule has 0 saturated carbocycles. The molecule has 0 saturated heterocycles. The van der Waals surface area contributed by atoms with Gasteiger partial charge in [0.05, 0.1) is 27.9 Å². The lowest BCUT2D eigenvalue weighted by molar-refractivity contribution is -0.117. The highest BCUT2D eigenvalue weighted by Crippen LogP contribution is 2.43. The molecule has 2 aromatic carbocycles. The Labute approximate surface area is 207 Å². The van der Waals surface area contributed by atoms with Gasteiger partial charge in [-0.1, -0.05) is 50.5 Å². The van der Waals surface area contributed by atoms with E-state index in [9.17, 15) is 4.79 Å². The fraction of sp³-hybridized carbons (Fsp3) is 0.346. The quantitative estimate of drug-likeness (QED) is 0.317. The molecule has 4 aromatic rings. The first-order valence-corrected chi connectivity index (χ1v) is 12.8. The van der Waals surface area contributed by atoms with Gasteiger partial charge in [-0.2, -0.15) is 5.21 Å². The molecule has 1 amide bonds. The van der Waals surface area contributed by atoms with Crippen molar-refractivity contribution in [2.75, 3.05) is 6.61 Å². The summed E-state index contributed by atoms with van der Waals surface area (Å²) >= 11 is 1.56. The van der Waals surface area contributed by atoms with Crippen molar-refractivity contribution in [3.8, 4) is 5.75 Å². The van der Waals surface area contributed by atoms with Gasteiger partial charge in [0, 0.05) is 12.0 Å². The Balaban J connectivity index is 1.45. The minimum absolute atomic E-state index is 0.245. The van der Waals surface area contributed by atoms with Crippen molar-refractivity contribution in [3.05, 3.63) is 64.9 Å². The zero-order chi connectivity index (χ0) is 24.3. The second-order valence-corrected chi connectivity index (χ2v) is 10.0. The number of nitrogens with zero attached hydrogens (tertiary/aromatic N) is 4. The van der Waals surface area contributed by atoms with Crippen LogP contribution in [0.25, 0.3) is 21.4 Å². The number of hydrogen-bond acceptors (Lipinski definition) is 7. The van der Waals surface area contributed by atoms with Gasteiger partial charge >= 0.3 is 0 Å². The zero-order valence-electron chi connectivity index (χ0n) is 19.9. The summed E-state index contributed by atoms with van der Waals surface area (Å²) < 4.78 is 6.97. The van der Waals surface area contributed by atoms with Crippen LogP contribution < -0.4 is 10.1 Å². The second kappa shape index (κ2) is 9.95. The summed E-state index contributed by atoms with van der Waals surface area (Å²) in [4.78, 5) is 18.3. The number of aromatic nitrogens is 5. The number of hydrogen-bond donors (Lipinski definition) is 2. The van der Waals surface area contributed by atoms with Crippen LogP contribution >= 0.6 is 11.3 Å². The lowest BCUT2D eigenvalue weighted by atomic mass is 9.80. The van der Waals surface area contributed by atoms with Crippen LogP contribution in [0.1, 0.15) is 62.3 Å². The largest absolute Gasteiger partial charge is 0.494 e. The molecule has 0 fully saturated rings. The molecule has 9 heteroatoms. The number of tetrazole rings is 1. The molecule has 180 valence electrons. The normalized spacial score (nSPS) is 18.2. The first-order chi connectivity index (χ1) is 17.1. The van der Waals surface area contributed by atoms with Crippen LogP contribution in [0.15, 0.2) is 48.5 Å². The minimum Gasteiger partial charge on any atom is -0.494 e. The van der Waals surface area contributed by atoms with Crippen molar-refractivity contribution in [2.24, 2.45) is 0 Å². The molecule has 0 unspecified atom stereocenters. The lowest BCUT2D eigenvalue weighted by Gasteiger charge is -2.36. The topological polar surface area (TPSA) is 106 Å². The Hall–Kier alpha value is -3.59. The zero-order valence-corrected chi connectivity index (χ0v) is 20.7. The molecule has 0 radical (unpaired) electrons. The number of carbonyl (C=O) groups is 1. The molecule has 2 aromatic heterocycles. The Bertz CT molecular complexity index is 1310. The molecule has 35 heavy (non-hydrogen) atoms. The van der Waals surface area contributed by atoms with E-state index in [1.54, 1.807) is 11.3 Å². The third kappa shape index (κ3) is 4.81. The van der Waals surface area contributed by atoms with E-state index >= 15 is 0 Å². The number of unbranched alkanes of at least 4 members (excludes halogenated alkanes) is 3. The van der Waals surface area contributed by atoms with Crippen molar-refractivity contribution in [1.29, 1.82) is 0 Å². The van der Waals surface area contributed by atoms with E-state index in [-0.39, 0.29) is 11.7 Å². The van der Waals surface area contributed by atoms with E-state index in [0.717, 1.165) is 38.5 Å². The smallest absolute Gasteiger partial charge is 0.256 e. The molecule has 8 nitrogen and oxygen atoms in total. The summed E-state index contributed by atoms with van der Waals surface area (Å²) in [5.41, 5.74) is 2.49. The predicted octanol–water partition coefficient (Wildman–Crippen LogP) is 5.11. The summed E-state index contributed by atoms with van der Waals surface area (Å²) in [5, 5.41) is 18.3. The number of nitrogens with one attached hydrogen (secondary N) is 2. The highest BCUT2D eigenvalue weighted by atomic mass is 32.1. The number of carbonyl (C=O) groups excluding carboxylic acids is 1. The number of para-hydroxylation sites is 1. The van der Waals surface area contributed by atoms with Crippen molar-refractivity contribution in [1.82, 2.24) is 30.9 Å². The van der Waals surface area contributed by atoms with Crippen LogP contribution in [-0.2, 0) is 10.3 Å². The maximum absolute atomic E-state index is 13.4. The van der Waals surface area contributed by atoms with Gasteiger partial charge in [-0.25, -0.2) is 4.98 Å². The molecule has 5 rings (SSSR count). The van der Waals surface area contributed by atoms with Crippen LogP contribution in [-0.4, -0.2) is 38.1 Å². The summed E-state index contributed by atoms with van der Waals surface area (Å²) in [7, 11) is 0. The Morgan fingerprint density at radius 3 is 2.66 bits per heavy atom. The Morgan fingerprint density at radius 1 is 1.09 bits per heavy atom. The Kier molecular flexibility index (Phi) is 6.59. The molecule has 1 aliphatic heterocycles. The third-order valence-corrected chi connectivity index (χ3v) is 7.42. The van der Waals surface area contributed by atoms with Gasteiger partial charge in [0.25, 0.3) is 5.91 Å². The molecule has 2 N–H and O–H groups in total. The van der Waals surface area contributed by atoms with Gasteiger partial charge in [-0.3, -0.25) is 4.79 Å². The van der Waals surface area contributed by atoms with Crippen LogP contribution in [0.3, 0.4) is 0 Å². The summed E-state index contributed by atoms with van der Waals surface area (Å²) in [6.07, 6.45) is 5.22. The van der Waals surface area contributed by atoms with Gasteiger partial charge in [-0.15, -0.1) is 21.5 Å². The number of benzene rings is 2. The van der Waals surface area contributed by atoms with Crippen molar-refractivity contribution >= 4 is 38.6 Å². The minimum atomic E-state index is -0.628. The molecule has 1 atom stereocenters. The molecule has 0 aliphatic carbocycles. The highest BCUT2D eigenvalue weighted by Gasteiger charge is 2.40. The van der Waals surface area contributed by atoms with Crippen molar-refractivity contribution in [2.45, 2.75) is 51.5 Å². The Morgan fingerprint density at radius 2 is 1.91 bits per heavy atom. The van der Waals surface area contributed by atoms with Gasteiger partial charge < -0.3 is 10.1 Å². The van der Waals surface area contributed by atoms with E-state index in [2.05, 4.69) is 32.9 Å². The number of H-pyrrole nitrogens is 1. The van der Waals surface area contributed by atoms with Crippen molar-refractivity contribution in [3.63, 3.8) is 0 Å². The number of fused-ring (bicyclic) bond motifs is 1. The number of ether oxygens (including phenoxy) is 1. The van der Waals surface area contributed by atoms with Crippen molar-refractivity contribution < 1.29 is 9.53 Å². The molecular formula is C26H28N6O2S. The maximum atomic E-state index is 13.4. The average molecular weight is 489 g/mol. The first-order valence-electron chi connectivity index (χ1n) is 12.0. The van der Waals surface area contributed by atoms with Crippen LogP contribution in [0.5, 0.6) is 5.75 Å². The van der Waals surface area contributed by atoms with Gasteiger partial charge in [-0.05, 0) is 48.4 Å². The fourth-order valence-electron chi connectivity index (χ4n) is 4.44. The third-order valence-electron chi connectivity index (χ3n) is 6.33.